The second-order valence-corrected chi connectivity index (χ2v) is 10.3. The maximum Gasteiger partial charge on any atom is 0.209 e. The summed E-state index contributed by atoms with van der Waals surface area (Å²) in [6.45, 7) is 11.9. The molecule has 0 saturated heterocycles. The molecule has 174 valence electrons. The van der Waals surface area contributed by atoms with E-state index < -0.39 is 0 Å². The topological polar surface area (TPSA) is 45.1 Å². The second-order valence-electron chi connectivity index (χ2n) is 10.3. The molecule has 0 radical (unpaired) electrons. The minimum atomic E-state index is -0.202. The van der Waals surface area contributed by atoms with Gasteiger partial charge >= 0.3 is 0 Å². The van der Waals surface area contributed by atoms with Crippen LogP contribution in [-0.2, 0) is 14.9 Å². The second kappa shape index (κ2) is 8.12. The van der Waals surface area contributed by atoms with Crippen molar-refractivity contribution < 1.29 is 14.1 Å². The lowest BCUT2D eigenvalue weighted by Gasteiger charge is -2.25. The van der Waals surface area contributed by atoms with Crippen LogP contribution in [0.5, 0.6) is 0 Å². The average Bonchev–Trinajstić information content (AvgIpc) is 3.24. The third kappa shape index (κ3) is 3.27. The number of Topliss-reactive ketones (excluding diaryl/α,β-unsaturated/α-hetero) is 1. The molecule has 34 heavy (non-hydrogen) atoms. The number of H-pyrrole nitrogens is 1. The van der Waals surface area contributed by atoms with Gasteiger partial charge in [0.1, 0.15) is 12.3 Å². The van der Waals surface area contributed by atoms with E-state index in [4.69, 9.17) is 4.74 Å². The Morgan fingerprint density at radius 2 is 1.79 bits per heavy atom. The molecule has 1 aliphatic carbocycles. The molecule has 0 spiro atoms. The van der Waals surface area contributed by atoms with Crippen molar-refractivity contribution in [3.05, 3.63) is 82.8 Å². The number of aromatic amines is 1. The van der Waals surface area contributed by atoms with Gasteiger partial charge in [0, 0.05) is 46.3 Å². The maximum atomic E-state index is 13.6. The Labute approximate surface area is 201 Å². The van der Waals surface area contributed by atoms with Crippen LogP contribution >= 0.6 is 0 Å². The number of ether oxygens (including phenoxy) is 1. The number of hydrogen-bond acceptors (Lipinski definition) is 2. The molecule has 0 atom stereocenters. The lowest BCUT2D eigenvalue weighted by Crippen LogP contribution is -2.31. The Morgan fingerprint density at radius 3 is 2.53 bits per heavy atom. The molecule has 4 nitrogen and oxygen atoms in total. The minimum absolute atomic E-state index is 0.0489. The van der Waals surface area contributed by atoms with E-state index in [1.165, 1.54) is 11.3 Å². The Morgan fingerprint density at radius 1 is 1.09 bits per heavy atom. The Kier molecular flexibility index (Phi) is 5.35. The monoisotopic (exact) mass is 453 g/mol. The smallest absolute Gasteiger partial charge is 0.209 e. The lowest BCUT2D eigenvalue weighted by molar-refractivity contribution is -0.439. The first kappa shape index (κ1) is 22.4. The normalized spacial score (nSPS) is 18.3. The van der Waals surface area contributed by atoms with Gasteiger partial charge in [0.25, 0.3) is 0 Å². The van der Waals surface area contributed by atoms with Gasteiger partial charge in [-0.1, -0.05) is 50.2 Å². The largest absolute Gasteiger partial charge is 0.495 e. The highest BCUT2D eigenvalue weighted by molar-refractivity contribution is 6.41. The molecule has 2 heterocycles. The van der Waals surface area contributed by atoms with Crippen molar-refractivity contribution in [3.8, 4) is 0 Å². The van der Waals surface area contributed by atoms with Gasteiger partial charge in [-0.05, 0) is 32.8 Å². The van der Waals surface area contributed by atoms with E-state index in [-0.39, 0.29) is 11.2 Å². The summed E-state index contributed by atoms with van der Waals surface area (Å²) in [7, 11) is 1.66. The van der Waals surface area contributed by atoms with Crippen LogP contribution in [0.4, 0.5) is 5.69 Å². The highest BCUT2D eigenvalue weighted by Crippen LogP contribution is 2.45. The third-order valence-electron chi connectivity index (χ3n) is 7.30. The summed E-state index contributed by atoms with van der Waals surface area (Å²) in [4.78, 5) is 17.0. The molecular weight excluding hydrogens is 420 g/mol. The molecule has 0 fully saturated rings. The van der Waals surface area contributed by atoms with Crippen LogP contribution in [0.25, 0.3) is 16.5 Å². The number of allylic oxidation sites excluding steroid dienone is 3. The van der Waals surface area contributed by atoms with Crippen LogP contribution in [0.15, 0.2) is 65.9 Å². The van der Waals surface area contributed by atoms with Crippen LogP contribution in [0.1, 0.15) is 50.9 Å². The van der Waals surface area contributed by atoms with E-state index in [1.54, 1.807) is 7.11 Å². The highest BCUT2D eigenvalue weighted by atomic mass is 16.5. The van der Waals surface area contributed by atoms with Gasteiger partial charge in [0.2, 0.25) is 11.5 Å². The summed E-state index contributed by atoms with van der Waals surface area (Å²) >= 11 is 0. The van der Waals surface area contributed by atoms with Crippen molar-refractivity contribution in [2.45, 2.75) is 46.5 Å². The zero-order chi connectivity index (χ0) is 24.2. The first-order valence-electron chi connectivity index (χ1n) is 12.1. The summed E-state index contributed by atoms with van der Waals surface area (Å²) in [5.41, 5.74) is 7.79. The summed E-state index contributed by atoms with van der Waals surface area (Å²) in [5, 5.41) is 1.05. The van der Waals surface area contributed by atoms with Crippen LogP contribution in [0.3, 0.4) is 0 Å². The van der Waals surface area contributed by atoms with Crippen molar-refractivity contribution in [3.63, 3.8) is 0 Å². The number of hydrogen-bond donors (Lipinski definition) is 1. The third-order valence-corrected chi connectivity index (χ3v) is 7.30. The number of para-hydroxylation sites is 2. The van der Waals surface area contributed by atoms with E-state index in [9.17, 15) is 4.79 Å². The number of carbonyl (C=O) groups excluding carboxylic acids is 1. The summed E-state index contributed by atoms with van der Waals surface area (Å²) < 4.78 is 8.24. The van der Waals surface area contributed by atoms with Crippen molar-refractivity contribution in [1.82, 2.24) is 4.98 Å². The first-order chi connectivity index (χ1) is 16.3. The van der Waals surface area contributed by atoms with Crippen LogP contribution in [-0.4, -0.2) is 34.7 Å². The number of nitrogens with one attached hydrogen (secondary N) is 1. The predicted octanol–water partition coefficient (Wildman–Crippen LogP) is 6.47. The number of nitrogens with zero attached hydrogens (tertiary/aromatic N) is 1. The van der Waals surface area contributed by atoms with Gasteiger partial charge in [0.05, 0.1) is 23.7 Å². The molecule has 0 bridgehead atoms. The van der Waals surface area contributed by atoms with Crippen molar-refractivity contribution >= 4 is 33.7 Å². The summed E-state index contributed by atoms with van der Waals surface area (Å²) in [6.07, 6.45) is 3.16. The number of carbonyl (C=O) groups is 1. The van der Waals surface area contributed by atoms with Gasteiger partial charge in [-0.2, -0.15) is 4.58 Å². The molecule has 0 amide bonds. The van der Waals surface area contributed by atoms with Crippen LogP contribution in [0, 0.1) is 12.8 Å². The van der Waals surface area contributed by atoms with E-state index in [1.807, 2.05) is 25.1 Å². The molecule has 1 aliphatic heterocycles. The van der Waals surface area contributed by atoms with Crippen molar-refractivity contribution in [1.29, 1.82) is 0 Å². The fraction of sp³-hybridized carbons (Fsp3) is 0.333. The number of ketones is 1. The molecule has 0 unspecified atom stereocenters. The van der Waals surface area contributed by atoms with E-state index in [0.717, 1.165) is 40.8 Å². The van der Waals surface area contributed by atoms with Crippen molar-refractivity contribution in [2.24, 2.45) is 5.92 Å². The van der Waals surface area contributed by atoms with Crippen LogP contribution in [0.2, 0.25) is 0 Å². The lowest BCUT2D eigenvalue weighted by atomic mass is 9.77. The summed E-state index contributed by atoms with van der Waals surface area (Å²) in [6, 6.07) is 16.7. The van der Waals surface area contributed by atoms with Gasteiger partial charge in [-0.25, -0.2) is 0 Å². The first-order valence-corrected chi connectivity index (χ1v) is 12.1. The molecule has 0 saturated carbocycles. The quantitative estimate of drug-likeness (QED) is 0.344. The number of aromatic nitrogens is 1. The molecule has 4 heteroatoms. The molecule has 5 rings (SSSR count). The highest BCUT2D eigenvalue weighted by Gasteiger charge is 2.47. The Balaban J connectivity index is 1.66. The predicted molar refractivity (Wildman–Crippen MR) is 139 cm³/mol. The fourth-order valence-corrected chi connectivity index (χ4v) is 5.45. The number of benzene rings is 2. The molecule has 2 aromatic carbocycles. The number of aryl methyl sites for hydroxylation is 1. The van der Waals surface area contributed by atoms with Gasteiger partial charge in [0.15, 0.2) is 5.71 Å². The van der Waals surface area contributed by atoms with Crippen molar-refractivity contribution in [2.75, 3.05) is 13.7 Å². The number of rotatable bonds is 6. The molecule has 1 N–H and O–H groups in total. The molecule has 2 aliphatic rings. The fourth-order valence-electron chi connectivity index (χ4n) is 5.45. The SMILES string of the molecule is COC1=C(c2c(C)[nH]c3ccccc23)C(=O)/C1=C\C1=[N+](CCC(C)C)c2ccccc2C1(C)C. The van der Waals surface area contributed by atoms with Crippen LogP contribution < -0.4 is 0 Å². The number of methoxy groups -OCH3 is 1. The minimum Gasteiger partial charge on any atom is -0.495 e. The van der Waals surface area contributed by atoms with Gasteiger partial charge in [-0.15, -0.1) is 0 Å². The molecule has 1 aromatic heterocycles. The summed E-state index contributed by atoms with van der Waals surface area (Å²) in [5.74, 6) is 1.33. The molecular formula is C30H33N2O2+. The van der Waals surface area contributed by atoms with E-state index >= 15 is 0 Å². The van der Waals surface area contributed by atoms with Gasteiger partial charge in [-0.3, -0.25) is 4.79 Å². The number of fused-ring (bicyclic) bond motifs is 2. The van der Waals surface area contributed by atoms with Gasteiger partial charge < -0.3 is 9.72 Å². The maximum absolute atomic E-state index is 13.6. The Bertz CT molecular complexity index is 1410. The standard InChI is InChI=1S/C30H32N2O2/c1-18(2)15-16-32-24-14-10-8-12-22(24)30(4,5)25(32)17-21-28(33)27(29(21)34-6)26-19(3)31-23-13-9-7-11-20(23)26/h7-14,17-18H,15-16H2,1-6H3/p+1. The average molecular weight is 454 g/mol. The van der Waals surface area contributed by atoms with E-state index in [0.29, 0.717) is 22.8 Å². The zero-order valence-corrected chi connectivity index (χ0v) is 21.0. The van der Waals surface area contributed by atoms with E-state index in [2.05, 4.69) is 73.7 Å². The zero-order valence-electron chi connectivity index (χ0n) is 21.0. The Hall–Kier alpha value is -3.40. The molecule has 3 aromatic rings.